The summed E-state index contributed by atoms with van der Waals surface area (Å²) in [7, 11) is 0. The highest BCUT2D eigenvalue weighted by atomic mass is 16.6. The standard InChI is InChI=1S/C22H23N3O6/c1-3-15-5-7-17(8-6-15)23-20(26)13-31-22(28)16-10-21(27)24(12-16)18-9-4-14(2)19(11-18)25(29)30/h4-9,11,16H,3,10,12-13H2,1-2H3,(H,23,26)/t16-/m0/s1. The van der Waals surface area contributed by atoms with Crippen molar-refractivity contribution in [2.24, 2.45) is 5.92 Å². The van der Waals surface area contributed by atoms with Crippen LogP contribution in [0.15, 0.2) is 42.5 Å². The van der Waals surface area contributed by atoms with Crippen LogP contribution in [0.2, 0.25) is 0 Å². The van der Waals surface area contributed by atoms with Gasteiger partial charge in [0.1, 0.15) is 0 Å². The van der Waals surface area contributed by atoms with Gasteiger partial charge < -0.3 is 15.0 Å². The molecule has 2 aromatic rings. The van der Waals surface area contributed by atoms with Gasteiger partial charge in [-0.2, -0.15) is 0 Å². The summed E-state index contributed by atoms with van der Waals surface area (Å²) >= 11 is 0. The minimum atomic E-state index is -0.746. The Balaban J connectivity index is 1.55. The van der Waals surface area contributed by atoms with Crippen LogP contribution in [-0.2, 0) is 25.5 Å². The first kappa shape index (κ1) is 21.9. The van der Waals surface area contributed by atoms with Gasteiger partial charge in [0.25, 0.3) is 11.6 Å². The molecule has 31 heavy (non-hydrogen) atoms. The number of nitrogens with zero attached hydrogens (tertiary/aromatic N) is 2. The molecular weight excluding hydrogens is 402 g/mol. The van der Waals surface area contributed by atoms with Gasteiger partial charge in [-0.1, -0.05) is 25.1 Å². The van der Waals surface area contributed by atoms with E-state index in [2.05, 4.69) is 5.32 Å². The first-order chi connectivity index (χ1) is 14.8. The van der Waals surface area contributed by atoms with Crippen molar-refractivity contribution in [2.45, 2.75) is 26.7 Å². The maximum Gasteiger partial charge on any atom is 0.311 e. The van der Waals surface area contributed by atoms with Gasteiger partial charge in [0.15, 0.2) is 6.61 Å². The Morgan fingerprint density at radius 3 is 2.58 bits per heavy atom. The van der Waals surface area contributed by atoms with Crippen LogP contribution in [0.25, 0.3) is 0 Å². The summed E-state index contributed by atoms with van der Waals surface area (Å²) in [6, 6.07) is 11.8. The Labute approximate surface area is 179 Å². The van der Waals surface area contributed by atoms with E-state index >= 15 is 0 Å². The molecule has 0 aromatic heterocycles. The van der Waals surface area contributed by atoms with Crippen LogP contribution in [0.4, 0.5) is 17.1 Å². The smallest absolute Gasteiger partial charge is 0.311 e. The molecule has 9 heteroatoms. The van der Waals surface area contributed by atoms with Gasteiger partial charge >= 0.3 is 5.97 Å². The second-order valence-electron chi connectivity index (χ2n) is 7.34. The van der Waals surface area contributed by atoms with Crippen molar-refractivity contribution in [3.8, 4) is 0 Å². The summed E-state index contributed by atoms with van der Waals surface area (Å²) in [5, 5.41) is 13.8. The van der Waals surface area contributed by atoms with E-state index in [0.29, 0.717) is 16.9 Å². The van der Waals surface area contributed by atoms with Gasteiger partial charge in [-0.05, 0) is 37.1 Å². The van der Waals surface area contributed by atoms with E-state index in [4.69, 9.17) is 4.74 Å². The average molecular weight is 425 g/mol. The number of aryl methyl sites for hydroxylation is 2. The maximum absolute atomic E-state index is 12.4. The fourth-order valence-electron chi connectivity index (χ4n) is 3.35. The van der Waals surface area contributed by atoms with Crippen LogP contribution in [0.3, 0.4) is 0 Å². The van der Waals surface area contributed by atoms with Crippen molar-refractivity contribution >= 4 is 34.8 Å². The Kier molecular flexibility index (Phi) is 6.64. The lowest BCUT2D eigenvalue weighted by Gasteiger charge is -2.16. The molecule has 2 aromatic carbocycles. The predicted molar refractivity (Wildman–Crippen MR) is 114 cm³/mol. The van der Waals surface area contributed by atoms with Crippen molar-refractivity contribution in [3.63, 3.8) is 0 Å². The largest absolute Gasteiger partial charge is 0.455 e. The van der Waals surface area contributed by atoms with E-state index in [1.165, 1.54) is 11.0 Å². The molecule has 0 bridgehead atoms. The monoisotopic (exact) mass is 425 g/mol. The second-order valence-corrected chi connectivity index (χ2v) is 7.34. The molecule has 1 fully saturated rings. The lowest BCUT2D eigenvalue weighted by atomic mass is 10.1. The zero-order chi connectivity index (χ0) is 22.5. The summed E-state index contributed by atoms with van der Waals surface area (Å²) in [6.07, 6.45) is 0.805. The lowest BCUT2D eigenvalue weighted by molar-refractivity contribution is -0.385. The number of rotatable bonds is 7. The number of hydrogen-bond acceptors (Lipinski definition) is 6. The number of esters is 1. The predicted octanol–water partition coefficient (Wildman–Crippen LogP) is 3.00. The summed E-state index contributed by atoms with van der Waals surface area (Å²) in [6.45, 7) is 3.21. The first-order valence-corrected chi connectivity index (χ1v) is 9.89. The minimum absolute atomic E-state index is 0.0397. The summed E-state index contributed by atoms with van der Waals surface area (Å²) in [5.41, 5.74) is 2.47. The molecule has 0 spiro atoms. The number of anilines is 2. The number of benzene rings is 2. The SMILES string of the molecule is CCc1ccc(NC(=O)COC(=O)[C@H]2CC(=O)N(c3ccc(C)c([N+](=O)[O-])c3)C2)cc1. The van der Waals surface area contributed by atoms with Crippen LogP contribution in [0, 0.1) is 23.0 Å². The average Bonchev–Trinajstić information content (AvgIpc) is 3.14. The highest BCUT2D eigenvalue weighted by molar-refractivity contribution is 6.00. The molecule has 1 heterocycles. The van der Waals surface area contributed by atoms with Crippen LogP contribution in [0.5, 0.6) is 0 Å². The number of nitrogens with one attached hydrogen (secondary N) is 1. The lowest BCUT2D eigenvalue weighted by Crippen LogP contribution is -2.28. The number of ether oxygens (including phenoxy) is 1. The number of hydrogen-bond donors (Lipinski definition) is 1. The van der Waals surface area contributed by atoms with Crippen molar-refractivity contribution in [1.29, 1.82) is 0 Å². The number of nitro benzene ring substituents is 1. The highest BCUT2D eigenvalue weighted by Gasteiger charge is 2.37. The molecule has 0 radical (unpaired) electrons. The molecular formula is C22H23N3O6. The van der Waals surface area contributed by atoms with Gasteiger partial charge in [0, 0.05) is 30.3 Å². The summed E-state index contributed by atoms with van der Waals surface area (Å²) < 4.78 is 5.08. The van der Waals surface area contributed by atoms with E-state index in [1.807, 2.05) is 19.1 Å². The number of carbonyl (C=O) groups excluding carboxylic acids is 3. The summed E-state index contributed by atoms with van der Waals surface area (Å²) in [4.78, 5) is 48.7. The molecule has 0 unspecified atom stereocenters. The first-order valence-electron chi connectivity index (χ1n) is 9.89. The molecule has 3 rings (SSSR count). The van der Waals surface area contributed by atoms with E-state index in [-0.39, 0.29) is 24.6 Å². The molecule has 162 valence electrons. The van der Waals surface area contributed by atoms with Gasteiger partial charge in [0.05, 0.1) is 16.5 Å². The van der Waals surface area contributed by atoms with Crippen LogP contribution < -0.4 is 10.2 Å². The minimum Gasteiger partial charge on any atom is -0.455 e. The molecule has 1 saturated heterocycles. The Morgan fingerprint density at radius 1 is 1.23 bits per heavy atom. The van der Waals surface area contributed by atoms with Crippen molar-refractivity contribution < 1.29 is 24.0 Å². The molecule has 1 aliphatic rings. The third-order valence-electron chi connectivity index (χ3n) is 5.15. The maximum atomic E-state index is 12.4. The third kappa shape index (κ3) is 5.25. The number of amides is 2. The topological polar surface area (TPSA) is 119 Å². The second kappa shape index (κ2) is 9.38. The molecule has 1 aliphatic heterocycles. The van der Waals surface area contributed by atoms with Crippen LogP contribution in [0.1, 0.15) is 24.5 Å². The van der Waals surface area contributed by atoms with E-state index in [1.54, 1.807) is 31.2 Å². The normalized spacial score (nSPS) is 15.6. The van der Waals surface area contributed by atoms with Gasteiger partial charge in [-0.15, -0.1) is 0 Å². The van der Waals surface area contributed by atoms with E-state index in [0.717, 1.165) is 12.0 Å². The molecule has 1 atom stereocenters. The van der Waals surface area contributed by atoms with Crippen molar-refractivity contribution in [2.75, 3.05) is 23.4 Å². The van der Waals surface area contributed by atoms with Crippen molar-refractivity contribution in [1.82, 2.24) is 0 Å². The molecule has 9 nitrogen and oxygen atoms in total. The molecule has 0 saturated carbocycles. The quantitative estimate of drug-likeness (QED) is 0.414. The van der Waals surface area contributed by atoms with E-state index in [9.17, 15) is 24.5 Å². The number of nitro groups is 1. The van der Waals surface area contributed by atoms with Crippen molar-refractivity contribution in [3.05, 3.63) is 63.7 Å². The Morgan fingerprint density at radius 2 is 1.94 bits per heavy atom. The molecule has 1 N–H and O–H groups in total. The van der Waals surface area contributed by atoms with Gasteiger partial charge in [-0.3, -0.25) is 24.5 Å². The fourth-order valence-corrected chi connectivity index (χ4v) is 3.35. The number of carbonyl (C=O) groups is 3. The fraction of sp³-hybridized carbons (Fsp3) is 0.318. The molecule has 2 amide bonds. The van der Waals surface area contributed by atoms with Crippen LogP contribution in [-0.4, -0.2) is 35.9 Å². The zero-order valence-electron chi connectivity index (χ0n) is 17.3. The van der Waals surface area contributed by atoms with E-state index < -0.39 is 29.3 Å². The zero-order valence-corrected chi connectivity index (χ0v) is 17.3. The molecule has 0 aliphatic carbocycles. The van der Waals surface area contributed by atoms with Crippen LogP contribution >= 0.6 is 0 Å². The van der Waals surface area contributed by atoms with Gasteiger partial charge in [0.2, 0.25) is 5.91 Å². The van der Waals surface area contributed by atoms with Gasteiger partial charge in [-0.25, -0.2) is 0 Å². The summed E-state index contributed by atoms with van der Waals surface area (Å²) in [5.74, 6) is -2.22. The third-order valence-corrected chi connectivity index (χ3v) is 5.15. The Bertz CT molecular complexity index is 1020. The Hall–Kier alpha value is -3.75. The highest BCUT2D eigenvalue weighted by Crippen LogP contribution is 2.30.